The Hall–Kier alpha value is -1.77. The zero-order valence-electron chi connectivity index (χ0n) is 10.7. The van der Waals surface area contributed by atoms with Gasteiger partial charge in [-0.25, -0.2) is 0 Å². The molecule has 3 nitrogen and oxygen atoms in total. The highest BCUT2D eigenvalue weighted by atomic mass is 16.5. The smallest absolute Gasteiger partial charge is 0.240 e. The van der Waals surface area contributed by atoms with Gasteiger partial charge in [-0.05, 0) is 12.5 Å². The van der Waals surface area contributed by atoms with Crippen LogP contribution in [0.25, 0.3) is 0 Å². The number of unbranched alkanes of at least 4 members (excludes halogenated alkanes) is 2. The summed E-state index contributed by atoms with van der Waals surface area (Å²) < 4.78 is 5.82. The second-order valence-corrected chi connectivity index (χ2v) is 4.81. The average Bonchev–Trinajstić information content (AvgIpc) is 2.77. The molecule has 0 amide bonds. The predicted octanol–water partition coefficient (Wildman–Crippen LogP) is 3.84. The lowest BCUT2D eigenvalue weighted by Gasteiger charge is -2.14. The summed E-state index contributed by atoms with van der Waals surface area (Å²) in [6.07, 6.45) is 5.59. The van der Waals surface area contributed by atoms with Crippen LogP contribution in [0.1, 0.15) is 43.3 Å². The first kappa shape index (κ1) is 11.3. The molecular formula is C15H18N2O. The monoisotopic (exact) mass is 242 g/mol. The number of aromatic amines is 1. The van der Waals surface area contributed by atoms with E-state index in [4.69, 9.17) is 4.74 Å². The van der Waals surface area contributed by atoms with E-state index in [-0.39, 0.29) is 0 Å². The van der Waals surface area contributed by atoms with Gasteiger partial charge >= 0.3 is 0 Å². The molecule has 3 heteroatoms. The zero-order valence-corrected chi connectivity index (χ0v) is 10.7. The van der Waals surface area contributed by atoms with Crippen molar-refractivity contribution in [2.75, 3.05) is 0 Å². The molecule has 0 radical (unpaired) electrons. The summed E-state index contributed by atoms with van der Waals surface area (Å²) in [5.41, 5.74) is 2.34. The molecule has 1 aliphatic heterocycles. The summed E-state index contributed by atoms with van der Waals surface area (Å²) in [6.45, 7) is 2.22. The molecule has 18 heavy (non-hydrogen) atoms. The SMILES string of the molecule is CCCCCc1nc2c([nH]1)Cc1ccccc1O2. The van der Waals surface area contributed by atoms with Gasteiger partial charge in [0.25, 0.3) is 0 Å². The molecule has 2 heterocycles. The summed E-state index contributed by atoms with van der Waals surface area (Å²) in [5, 5.41) is 0. The van der Waals surface area contributed by atoms with Gasteiger partial charge in [-0.2, -0.15) is 4.98 Å². The van der Waals surface area contributed by atoms with E-state index in [1.807, 2.05) is 18.2 Å². The normalized spacial score (nSPS) is 12.7. The van der Waals surface area contributed by atoms with Crippen molar-refractivity contribution in [1.29, 1.82) is 0 Å². The highest BCUT2D eigenvalue weighted by Crippen LogP contribution is 2.34. The van der Waals surface area contributed by atoms with Gasteiger partial charge in [0.05, 0.1) is 5.69 Å². The first-order valence-corrected chi connectivity index (χ1v) is 6.70. The third-order valence-electron chi connectivity index (χ3n) is 3.35. The predicted molar refractivity (Wildman–Crippen MR) is 71.1 cm³/mol. The maximum Gasteiger partial charge on any atom is 0.240 e. The van der Waals surface area contributed by atoms with E-state index >= 15 is 0 Å². The second-order valence-electron chi connectivity index (χ2n) is 4.81. The minimum Gasteiger partial charge on any atom is -0.437 e. The summed E-state index contributed by atoms with van der Waals surface area (Å²) >= 11 is 0. The summed E-state index contributed by atoms with van der Waals surface area (Å²) in [5.74, 6) is 2.76. The number of aromatic nitrogens is 2. The largest absolute Gasteiger partial charge is 0.437 e. The van der Waals surface area contributed by atoms with Gasteiger partial charge in [0, 0.05) is 18.4 Å². The molecule has 1 N–H and O–H groups in total. The minimum atomic E-state index is 0.764. The van der Waals surface area contributed by atoms with Crippen LogP contribution in [0.5, 0.6) is 11.6 Å². The van der Waals surface area contributed by atoms with Crippen molar-refractivity contribution in [1.82, 2.24) is 9.97 Å². The summed E-state index contributed by atoms with van der Waals surface area (Å²) in [7, 11) is 0. The number of ether oxygens (including phenoxy) is 1. The van der Waals surface area contributed by atoms with Crippen LogP contribution >= 0.6 is 0 Å². The molecule has 94 valence electrons. The van der Waals surface area contributed by atoms with E-state index in [0.717, 1.165) is 36.0 Å². The second kappa shape index (κ2) is 4.84. The average molecular weight is 242 g/mol. The van der Waals surface area contributed by atoms with Crippen molar-refractivity contribution in [3.63, 3.8) is 0 Å². The van der Waals surface area contributed by atoms with E-state index in [2.05, 4.69) is 23.0 Å². The Balaban J connectivity index is 1.77. The van der Waals surface area contributed by atoms with Gasteiger partial charge in [-0.3, -0.25) is 0 Å². The van der Waals surface area contributed by atoms with Crippen LogP contribution in [-0.4, -0.2) is 9.97 Å². The van der Waals surface area contributed by atoms with Crippen LogP contribution in [0.4, 0.5) is 0 Å². The van der Waals surface area contributed by atoms with Crippen LogP contribution in [0.15, 0.2) is 24.3 Å². The van der Waals surface area contributed by atoms with Crippen LogP contribution in [-0.2, 0) is 12.8 Å². The molecule has 0 bridgehead atoms. The Morgan fingerprint density at radius 3 is 3.06 bits per heavy atom. The lowest BCUT2D eigenvalue weighted by Crippen LogP contribution is -2.01. The number of nitrogens with one attached hydrogen (secondary N) is 1. The van der Waals surface area contributed by atoms with Crippen LogP contribution in [0.2, 0.25) is 0 Å². The number of nitrogens with zero attached hydrogens (tertiary/aromatic N) is 1. The fourth-order valence-electron chi connectivity index (χ4n) is 2.35. The van der Waals surface area contributed by atoms with Crippen molar-refractivity contribution in [3.05, 3.63) is 41.3 Å². The Kier molecular flexibility index (Phi) is 3.05. The molecule has 1 aromatic heterocycles. The fraction of sp³-hybridized carbons (Fsp3) is 0.400. The number of benzene rings is 1. The molecule has 3 rings (SSSR count). The van der Waals surface area contributed by atoms with Crippen LogP contribution in [0.3, 0.4) is 0 Å². The number of aryl methyl sites for hydroxylation is 1. The molecule has 2 aromatic rings. The molecule has 1 aliphatic rings. The lowest BCUT2D eigenvalue weighted by molar-refractivity contribution is 0.442. The van der Waals surface area contributed by atoms with Crippen molar-refractivity contribution in [3.8, 4) is 11.6 Å². The first-order valence-electron chi connectivity index (χ1n) is 6.70. The third-order valence-corrected chi connectivity index (χ3v) is 3.35. The van der Waals surface area contributed by atoms with E-state index < -0.39 is 0 Å². The van der Waals surface area contributed by atoms with E-state index in [1.54, 1.807) is 0 Å². The van der Waals surface area contributed by atoms with Crippen molar-refractivity contribution >= 4 is 0 Å². The molecule has 0 fully saturated rings. The topological polar surface area (TPSA) is 37.9 Å². The molecule has 1 aromatic carbocycles. The maximum absolute atomic E-state index is 5.82. The third kappa shape index (κ3) is 2.13. The van der Waals surface area contributed by atoms with E-state index in [0.29, 0.717) is 0 Å². The highest BCUT2D eigenvalue weighted by molar-refractivity contribution is 5.45. The molecule has 0 aliphatic carbocycles. The van der Waals surface area contributed by atoms with Crippen LogP contribution in [0, 0.1) is 0 Å². The summed E-state index contributed by atoms with van der Waals surface area (Å²) in [4.78, 5) is 7.94. The standard InChI is InChI=1S/C15H18N2O/c1-2-3-4-9-14-16-12-10-11-7-5-6-8-13(11)18-15(12)17-14/h5-8H,2-4,9-10H2,1H3,(H,16,17). The van der Waals surface area contributed by atoms with Gasteiger partial charge < -0.3 is 9.72 Å². The van der Waals surface area contributed by atoms with Crippen molar-refractivity contribution in [2.45, 2.75) is 39.0 Å². The molecule has 0 saturated heterocycles. The molecule has 0 atom stereocenters. The van der Waals surface area contributed by atoms with Crippen LogP contribution < -0.4 is 4.74 Å². The number of fused-ring (bicyclic) bond motifs is 2. The molecule has 0 unspecified atom stereocenters. The Labute approximate surface area is 107 Å². The Morgan fingerprint density at radius 1 is 1.28 bits per heavy atom. The van der Waals surface area contributed by atoms with E-state index in [1.165, 1.54) is 24.8 Å². The first-order chi connectivity index (χ1) is 8.86. The maximum atomic E-state index is 5.82. The van der Waals surface area contributed by atoms with Crippen molar-refractivity contribution < 1.29 is 4.74 Å². The molecule has 0 spiro atoms. The van der Waals surface area contributed by atoms with Gasteiger partial charge in [0.1, 0.15) is 11.6 Å². The highest BCUT2D eigenvalue weighted by Gasteiger charge is 2.20. The Bertz CT molecular complexity index is 503. The van der Waals surface area contributed by atoms with Gasteiger partial charge in [-0.15, -0.1) is 0 Å². The number of para-hydroxylation sites is 1. The number of rotatable bonds is 4. The van der Waals surface area contributed by atoms with Crippen molar-refractivity contribution in [2.24, 2.45) is 0 Å². The zero-order chi connectivity index (χ0) is 12.4. The molecular weight excluding hydrogens is 224 g/mol. The quantitative estimate of drug-likeness (QED) is 0.706. The van der Waals surface area contributed by atoms with E-state index in [9.17, 15) is 0 Å². The number of hydrogen-bond acceptors (Lipinski definition) is 2. The number of H-pyrrole nitrogens is 1. The van der Waals surface area contributed by atoms with Gasteiger partial charge in [0.2, 0.25) is 5.88 Å². The van der Waals surface area contributed by atoms with Gasteiger partial charge in [-0.1, -0.05) is 38.0 Å². The molecule has 0 saturated carbocycles. The summed E-state index contributed by atoms with van der Waals surface area (Å²) in [6, 6.07) is 8.16. The number of imidazole rings is 1. The Morgan fingerprint density at radius 2 is 2.17 bits per heavy atom. The lowest BCUT2D eigenvalue weighted by atomic mass is 10.1. The number of hydrogen-bond donors (Lipinski definition) is 1. The minimum absolute atomic E-state index is 0.764. The van der Waals surface area contributed by atoms with Gasteiger partial charge in [0.15, 0.2) is 0 Å². The fourth-order valence-corrected chi connectivity index (χ4v) is 2.35.